The number of rotatable bonds is 2. The van der Waals surface area contributed by atoms with Gasteiger partial charge in [0.15, 0.2) is 17.3 Å². The number of fused-ring (bicyclic) bond motifs is 1. The van der Waals surface area contributed by atoms with Gasteiger partial charge < -0.3 is 25.7 Å². The molecule has 19 heavy (non-hydrogen) atoms. The minimum Gasteiger partial charge on any atom is -0.394 e. The van der Waals surface area contributed by atoms with Gasteiger partial charge in [-0.2, -0.15) is 0 Å². The van der Waals surface area contributed by atoms with Gasteiger partial charge in [-0.1, -0.05) is 6.92 Å². The van der Waals surface area contributed by atoms with Gasteiger partial charge in [0.1, 0.15) is 11.6 Å². The first-order valence-corrected chi connectivity index (χ1v) is 6.02. The van der Waals surface area contributed by atoms with E-state index in [1.54, 1.807) is 0 Å². The van der Waals surface area contributed by atoms with Crippen molar-refractivity contribution in [3.8, 4) is 0 Å². The van der Waals surface area contributed by atoms with Crippen molar-refractivity contribution in [1.82, 2.24) is 19.9 Å². The molecule has 3 heterocycles. The summed E-state index contributed by atoms with van der Waals surface area (Å²) in [5.74, 6) is 0.332. The number of ether oxygens (including phenoxy) is 1. The molecule has 5 N–H and O–H groups in total. The normalized spacial score (nSPS) is 31.1. The maximum Gasteiger partial charge on any atom is 0.164 e. The molecule has 1 saturated heterocycles. The van der Waals surface area contributed by atoms with Gasteiger partial charge in [0, 0.05) is 5.92 Å². The lowest BCUT2D eigenvalue weighted by Crippen LogP contribution is -2.24. The summed E-state index contributed by atoms with van der Waals surface area (Å²) in [5.41, 5.74) is 6.78. The van der Waals surface area contributed by atoms with Crippen LogP contribution in [-0.4, -0.2) is 49.0 Å². The molecular weight excluding hydrogens is 250 g/mol. The minimum absolute atomic E-state index is 0.156. The number of aliphatic hydroxyl groups excluding tert-OH is 2. The lowest BCUT2D eigenvalue weighted by molar-refractivity contribution is -0.0164. The van der Waals surface area contributed by atoms with Crippen LogP contribution < -0.4 is 5.73 Å². The Morgan fingerprint density at radius 3 is 2.95 bits per heavy atom. The zero-order chi connectivity index (χ0) is 13.6. The summed E-state index contributed by atoms with van der Waals surface area (Å²) in [5, 5.41) is 19.3. The lowest BCUT2D eigenvalue weighted by Gasteiger charge is -2.13. The zero-order valence-corrected chi connectivity index (χ0v) is 10.3. The molecule has 1 aliphatic heterocycles. The number of aliphatic hydroxyl groups is 2. The molecule has 0 bridgehead atoms. The van der Waals surface area contributed by atoms with Gasteiger partial charge in [0.25, 0.3) is 0 Å². The van der Waals surface area contributed by atoms with Crippen molar-refractivity contribution in [2.45, 2.75) is 25.2 Å². The van der Waals surface area contributed by atoms with E-state index in [1.165, 1.54) is 6.33 Å². The summed E-state index contributed by atoms with van der Waals surface area (Å²) in [7, 11) is 0. The van der Waals surface area contributed by atoms with Crippen molar-refractivity contribution in [2.75, 3.05) is 12.3 Å². The van der Waals surface area contributed by atoms with E-state index >= 15 is 0 Å². The van der Waals surface area contributed by atoms with Crippen LogP contribution in [-0.2, 0) is 4.74 Å². The number of anilines is 1. The molecule has 0 aliphatic carbocycles. The number of imidazole rings is 1. The number of nitrogens with one attached hydrogen (secondary N) is 1. The van der Waals surface area contributed by atoms with Crippen LogP contribution in [0.3, 0.4) is 0 Å². The fraction of sp³-hybridized carbons (Fsp3) is 0.545. The third kappa shape index (κ3) is 1.84. The standard InChI is InChI=1S/C11H15N5O3/c1-4-5(2-17)19-8(7(4)18)11-15-9(12)6-10(16-11)14-3-13-6/h3-5,7-8,17-18H,2H2,1H3,(H3,12,13,14,15,16)/t4-,5-,7-,8?/m1/s1. The topological polar surface area (TPSA) is 130 Å². The van der Waals surface area contributed by atoms with Crippen molar-refractivity contribution >= 4 is 17.0 Å². The number of hydrogen-bond acceptors (Lipinski definition) is 7. The number of nitrogens with zero attached hydrogens (tertiary/aromatic N) is 3. The van der Waals surface area contributed by atoms with Gasteiger partial charge in [-0.25, -0.2) is 15.0 Å². The van der Waals surface area contributed by atoms with Crippen LogP contribution in [0, 0.1) is 5.92 Å². The second-order valence-electron chi connectivity index (χ2n) is 4.69. The molecule has 4 atom stereocenters. The molecule has 102 valence electrons. The summed E-state index contributed by atoms with van der Waals surface area (Å²) >= 11 is 0. The van der Waals surface area contributed by atoms with Crippen LogP contribution in [0.25, 0.3) is 11.2 Å². The molecule has 1 fully saturated rings. The van der Waals surface area contributed by atoms with Crippen molar-refractivity contribution in [1.29, 1.82) is 0 Å². The minimum atomic E-state index is -0.781. The van der Waals surface area contributed by atoms with Gasteiger partial charge in [0.05, 0.1) is 25.1 Å². The fourth-order valence-electron chi connectivity index (χ4n) is 2.31. The third-order valence-corrected chi connectivity index (χ3v) is 3.51. The molecule has 2 aromatic heterocycles. The highest BCUT2D eigenvalue weighted by molar-refractivity contribution is 5.80. The first-order chi connectivity index (χ1) is 9.11. The lowest BCUT2D eigenvalue weighted by atomic mass is 9.98. The summed E-state index contributed by atoms with van der Waals surface area (Å²) in [4.78, 5) is 15.2. The van der Waals surface area contributed by atoms with Crippen molar-refractivity contribution in [3.05, 3.63) is 12.2 Å². The Bertz CT molecular complexity index is 601. The molecule has 0 saturated carbocycles. The maximum absolute atomic E-state index is 10.1. The molecule has 8 nitrogen and oxygen atoms in total. The van der Waals surface area contributed by atoms with E-state index < -0.39 is 18.3 Å². The van der Waals surface area contributed by atoms with Crippen molar-refractivity contribution in [2.24, 2.45) is 5.92 Å². The number of aromatic amines is 1. The molecule has 0 amide bonds. The highest BCUT2D eigenvalue weighted by atomic mass is 16.5. The third-order valence-electron chi connectivity index (χ3n) is 3.51. The average molecular weight is 265 g/mol. The first-order valence-electron chi connectivity index (χ1n) is 6.02. The SMILES string of the molecule is C[C@@H]1[C@@H](CO)OC(c2nc(N)c3nc[nH]c3n2)[C@@H]1O. The van der Waals surface area contributed by atoms with Crippen LogP contribution in [0.5, 0.6) is 0 Å². The van der Waals surface area contributed by atoms with Crippen LogP contribution in [0.4, 0.5) is 5.82 Å². The smallest absolute Gasteiger partial charge is 0.164 e. The first kappa shape index (κ1) is 12.3. The predicted molar refractivity (Wildman–Crippen MR) is 66.0 cm³/mol. The molecule has 1 unspecified atom stereocenters. The van der Waals surface area contributed by atoms with Crippen molar-refractivity contribution < 1.29 is 14.9 Å². The second kappa shape index (κ2) is 4.41. The number of nitrogens with two attached hydrogens (primary N) is 1. The summed E-state index contributed by atoms with van der Waals surface area (Å²) in [6.07, 6.45) is -0.425. The summed E-state index contributed by atoms with van der Waals surface area (Å²) in [6, 6.07) is 0. The van der Waals surface area contributed by atoms with Crippen LogP contribution in [0.2, 0.25) is 0 Å². The van der Waals surface area contributed by atoms with Crippen LogP contribution >= 0.6 is 0 Å². The van der Waals surface area contributed by atoms with E-state index in [1.807, 2.05) is 6.92 Å². The molecular formula is C11H15N5O3. The fourth-order valence-corrected chi connectivity index (χ4v) is 2.31. The molecule has 8 heteroatoms. The predicted octanol–water partition coefficient (Wildman–Crippen LogP) is -0.636. The van der Waals surface area contributed by atoms with E-state index in [-0.39, 0.29) is 18.3 Å². The second-order valence-corrected chi connectivity index (χ2v) is 4.69. The Balaban J connectivity index is 2.00. The molecule has 0 spiro atoms. The quantitative estimate of drug-likeness (QED) is 0.568. The number of H-pyrrole nitrogens is 1. The van der Waals surface area contributed by atoms with Gasteiger partial charge in [-0.05, 0) is 0 Å². The molecule has 0 aromatic carbocycles. The monoisotopic (exact) mass is 265 g/mol. The molecule has 2 aromatic rings. The summed E-state index contributed by atoms with van der Waals surface area (Å²) in [6.45, 7) is 1.65. The summed E-state index contributed by atoms with van der Waals surface area (Å²) < 4.78 is 5.59. The zero-order valence-electron chi connectivity index (χ0n) is 10.3. The van der Waals surface area contributed by atoms with E-state index in [4.69, 9.17) is 10.5 Å². The molecule has 1 aliphatic rings. The Hall–Kier alpha value is -1.77. The highest BCUT2D eigenvalue weighted by Crippen LogP contribution is 2.36. The van der Waals surface area contributed by atoms with E-state index in [2.05, 4.69) is 19.9 Å². The van der Waals surface area contributed by atoms with E-state index in [9.17, 15) is 10.2 Å². The van der Waals surface area contributed by atoms with Gasteiger partial charge in [-0.3, -0.25) is 0 Å². The average Bonchev–Trinajstić information content (AvgIpc) is 2.96. The Kier molecular flexibility index (Phi) is 2.85. The van der Waals surface area contributed by atoms with Crippen molar-refractivity contribution in [3.63, 3.8) is 0 Å². The van der Waals surface area contributed by atoms with Crippen LogP contribution in [0.15, 0.2) is 6.33 Å². The largest absolute Gasteiger partial charge is 0.394 e. The highest BCUT2D eigenvalue weighted by Gasteiger charge is 2.43. The maximum atomic E-state index is 10.1. The van der Waals surface area contributed by atoms with Crippen LogP contribution in [0.1, 0.15) is 18.9 Å². The van der Waals surface area contributed by atoms with E-state index in [0.717, 1.165) is 0 Å². The number of nitrogen functional groups attached to an aromatic ring is 1. The molecule has 3 rings (SSSR count). The Labute approximate surface area is 108 Å². The van der Waals surface area contributed by atoms with Gasteiger partial charge >= 0.3 is 0 Å². The van der Waals surface area contributed by atoms with E-state index in [0.29, 0.717) is 17.0 Å². The Morgan fingerprint density at radius 1 is 1.47 bits per heavy atom. The number of aromatic nitrogens is 4. The van der Waals surface area contributed by atoms with Gasteiger partial charge in [-0.15, -0.1) is 0 Å². The van der Waals surface area contributed by atoms with Gasteiger partial charge in [0.2, 0.25) is 0 Å². The molecule has 0 radical (unpaired) electrons. The Morgan fingerprint density at radius 2 is 2.26 bits per heavy atom. The number of hydrogen-bond donors (Lipinski definition) is 4.